The number of likely N-dealkylation sites (tertiary alicyclic amines) is 1. The van der Waals surface area contributed by atoms with Gasteiger partial charge in [-0.1, -0.05) is 19.8 Å². The van der Waals surface area contributed by atoms with E-state index < -0.39 is 5.60 Å². The summed E-state index contributed by atoms with van der Waals surface area (Å²) >= 11 is 0. The monoisotopic (exact) mass is 452 g/mol. The first-order valence-corrected chi connectivity index (χ1v) is 9.58. The van der Waals surface area contributed by atoms with E-state index in [2.05, 4.69) is 34.4 Å². The van der Waals surface area contributed by atoms with Crippen molar-refractivity contribution in [2.45, 2.75) is 64.4 Å². The molecule has 1 aliphatic carbocycles. The largest absolute Gasteiger partial charge is 0.388 e. The van der Waals surface area contributed by atoms with E-state index in [4.69, 9.17) is 0 Å². The highest BCUT2D eigenvalue weighted by molar-refractivity contribution is 14.0. The van der Waals surface area contributed by atoms with Crippen LogP contribution in [0.15, 0.2) is 4.99 Å². The van der Waals surface area contributed by atoms with Crippen LogP contribution in [-0.2, 0) is 0 Å². The lowest BCUT2D eigenvalue weighted by Crippen LogP contribution is -2.41. The number of nitrogens with zero attached hydrogens (tertiary/aromatic N) is 2. The normalized spacial score (nSPS) is 22.2. The summed E-state index contributed by atoms with van der Waals surface area (Å²) in [7, 11) is 0. The standard InChI is InChI=1S/C18H36N4O.HI/c1-3-19-17(21-15-18(23)9-4-5-10-18)20-11-6-12-22-13-7-16(2)8-14-22;/h16,23H,3-15H2,1-2H3,(H2,19,20,21);1H. The predicted molar refractivity (Wildman–Crippen MR) is 112 cm³/mol. The number of piperidine rings is 1. The smallest absolute Gasteiger partial charge is 0.191 e. The fourth-order valence-corrected chi connectivity index (χ4v) is 3.55. The molecule has 24 heavy (non-hydrogen) atoms. The zero-order valence-corrected chi connectivity index (χ0v) is 17.8. The van der Waals surface area contributed by atoms with Crippen LogP contribution in [0.1, 0.15) is 58.8 Å². The first-order chi connectivity index (χ1) is 11.1. The fraction of sp³-hybridized carbons (Fsp3) is 0.944. The van der Waals surface area contributed by atoms with E-state index in [0.29, 0.717) is 6.54 Å². The summed E-state index contributed by atoms with van der Waals surface area (Å²) in [6.07, 6.45) is 7.87. The maximum atomic E-state index is 10.4. The van der Waals surface area contributed by atoms with Gasteiger partial charge in [0.15, 0.2) is 5.96 Å². The molecule has 2 rings (SSSR count). The third kappa shape index (κ3) is 7.87. The van der Waals surface area contributed by atoms with Gasteiger partial charge >= 0.3 is 0 Å². The van der Waals surface area contributed by atoms with E-state index in [0.717, 1.165) is 57.1 Å². The molecule has 1 aliphatic heterocycles. The Labute approximate surface area is 165 Å². The van der Waals surface area contributed by atoms with Crippen LogP contribution in [0.4, 0.5) is 0 Å². The second-order valence-electron chi connectivity index (χ2n) is 7.43. The van der Waals surface area contributed by atoms with Crippen LogP contribution in [0.5, 0.6) is 0 Å². The minimum Gasteiger partial charge on any atom is -0.388 e. The van der Waals surface area contributed by atoms with Crippen molar-refractivity contribution in [3.63, 3.8) is 0 Å². The summed E-state index contributed by atoms with van der Waals surface area (Å²) in [6, 6.07) is 0. The molecular weight excluding hydrogens is 415 g/mol. The van der Waals surface area contributed by atoms with Gasteiger partial charge in [-0.15, -0.1) is 24.0 Å². The van der Waals surface area contributed by atoms with E-state index in [1.807, 2.05) is 0 Å². The van der Waals surface area contributed by atoms with E-state index in [-0.39, 0.29) is 24.0 Å². The zero-order chi connectivity index (χ0) is 16.5. The Morgan fingerprint density at radius 1 is 1.21 bits per heavy atom. The zero-order valence-electron chi connectivity index (χ0n) is 15.5. The molecule has 0 atom stereocenters. The molecule has 0 spiro atoms. The van der Waals surface area contributed by atoms with Crippen molar-refractivity contribution in [1.29, 1.82) is 0 Å². The van der Waals surface area contributed by atoms with Gasteiger partial charge in [0.1, 0.15) is 0 Å². The highest BCUT2D eigenvalue weighted by atomic mass is 127. The molecule has 1 heterocycles. The van der Waals surface area contributed by atoms with Crippen LogP contribution in [0.2, 0.25) is 0 Å². The van der Waals surface area contributed by atoms with Gasteiger partial charge in [-0.25, -0.2) is 0 Å². The fourth-order valence-electron chi connectivity index (χ4n) is 3.55. The summed E-state index contributed by atoms with van der Waals surface area (Å²) < 4.78 is 0. The maximum Gasteiger partial charge on any atom is 0.191 e. The number of hydrogen-bond donors (Lipinski definition) is 3. The quantitative estimate of drug-likeness (QED) is 0.241. The van der Waals surface area contributed by atoms with Crippen molar-refractivity contribution >= 4 is 29.9 Å². The van der Waals surface area contributed by atoms with Crippen LogP contribution in [-0.4, -0.2) is 60.8 Å². The average Bonchev–Trinajstić information content (AvgIpc) is 2.98. The van der Waals surface area contributed by atoms with Crippen LogP contribution in [0, 0.1) is 5.92 Å². The lowest BCUT2D eigenvalue weighted by atomic mass is 9.99. The Balaban J connectivity index is 0.00000288. The van der Waals surface area contributed by atoms with Gasteiger partial charge in [0.05, 0.1) is 12.1 Å². The Bertz CT molecular complexity index is 364. The highest BCUT2D eigenvalue weighted by Crippen LogP contribution is 2.29. The predicted octanol–water partition coefficient (Wildman–Crippen LogP) is 2.59. The molecule has 0 radical (unpaired) electrons. The summed E-state index contributed by atoms with van der Waals surface area (Å²) in [4.78, 5) is 7.17. The topological polar surface area (TPSA) is 59.9 Å². The molecule has 2 aliphatic rings. The van der Waals surface area contributed by atoms with E-state index in [1.54, 1.807) is 0 Å². The lowest BCUT2D eigenvalue weighted by molar-refractivity contribution is 0.0574. The summed E-state index contributed by atoms with van der Waals surface area (Å²) in [5.41, 5.74) is -0.563. The second-order valence-corrected chi connectivity index (χ2v) is 7.43. The van der Waals surface area contributed by atoms with Gasteiger partial charge in [0, 0.05) is 13.1 Å². The molecule has 0 unspecified atom stereocenters. The lowest BCUT2D eigenvalue weighted by Gasteiger charge is -2.30. The maximum absolute atomic E-state index is 10.4. The summed E-state index contributed by atoms with van der Waals surface area (Å²) in [6.45, 7) is 10.4. The van der Waals surface area contributed by atoms with E-state index >= 15 is 0 Å². The van der Waals surface area contributed by atoms with Gasteiger partial charge in [0.25, 0.3) is 0 Å². The first kappa shape index (κ1) is 22.0. The van der Waals surface area contributed by atoms with Crippen molar-refractivity contribution in [2.75, 3.05) is 39.3 Å². The molecule has 3 N–H and O–H groups in total. The van der Waals surface area contributed by atoms with Crippen molar-refractivity contribution in [3.8, 4) is 0 Å². The van der Waals surface area contributed by atoms with Gasteiger partial charge in [-0.05, 0) is 64.6 Å². The Kier molecular flexibility index (Phi) is 10.5. The summed E-state index contributed by atoms with van der Waals surface area (Å²) in [5.74, 6) is 1.75. The van der Waals surface area contributed by atoms with Gasteiger partial charge < -0.3 is 20.6 Å². The highest BCUT2D eigenvalue weighted by Gasteiger charge is 2.30. The molecule has 5 nitrogen and oxygen atoms in total. The Hall–Kier alpha value is -0.0800. The third-order valence-electron chi connectivity index (χ3n) is 5.23. The minimum atomic E-state index is -0.563. The molecule has 6 heteroatoms. The van der Waals surface area contributed by atoms with Crippen molar-refractivity contribution < 1.29 is 5.11 Å². The van der Waals surface area contributed by atoms with Crippen molar-refractivity contribution in [2.24, 2.45) is 10.9 Å². The summed E-state index contributed by atoms with van der Waals surface area (Å²) in [5, 5.41) is 17.1. The van der Waals surface area contributed by atoms with Crippen LogP contribution >= 0.6 is 24.0 Å². The van der Waals surface area contributed by atoms with Crippen LogP contribution < -0.4 is 10.6 Å². The third-order valence-corrected chi connectivity index (χ3v) is 5.23. The molecule has 0 amide bonds. The number of nitrogens with one attached hydrogen (secondary N) is 2. The van der Waals surface area contributed by atoms with Gasteiger partial charge in [0.2, 0.25) is 0 Å². The molecule has 1 saturated carbocycles. The van der Waals surface area contributed by atoms with Crippen LogP contribution in [0.3, 0.4) is 0 Å². The van der Waals surface area contributed by atoms with Gasteiger partial charge in [-0.2, -0.15) is 0 Å². The molecule has 142 valence electrons. The first-order valence-electron chi connectivity index (χ1n) is 9.58. The molecule has 0 aromatic heterocycles. The van der Waals surface area contributed by atoms with E-state index in [9.17, 15) is 5.11 Å². The van der Waals surface area contributed by atoms with Crippen molar-refractivity contribution in [3.05, 3.63) is 0 Å². The average molecular weight is 452 g/mol. The van der Waals surface area contributed by atoms with Crippen LogP contribution in [0.25, 0.3) is 0 Å². The number of halogens is 1. The SMILES string of the molecule is CCNC(=NCC1(O)CCCC1)NCCCN1CCC(C)CC1.I. The minimum absolute atomic E-state index is 0. The number of hydrogen-bond acceptors (Lipinski definition) is 3. The number of aliphatic hydroxyl groups is 1. The Morgan fingerprint density at radius 2 is 1.88 bits per heavy atom. The molecule has 2 fully saturated rings. The number of rotatable bonds is 7. The number of aliphatic imine (C=N–C) groups is 1. The van der Waals surface area contributed by atoms with Crippen molar-refractivity contribution in [1.82, 2.24) is 15.5 Å². The number of guanidine groups is 1. The molecular formula is C18H37IN4O. The second kappa shape index (κ2) is 11.5. The molecule has 0 aromatic carbocycles. The van der Waals surface area contributed by atoms with E-state index in [1.165, 1.54) is 32.5 Å². The molecule has 0 bridgehead atoms. The molecule has 1 saturated heterocycles. The van der Waals surface area contributed by atoms with Gasteiger partial charge in [-0.3, -0.25) is 4.99 Å². The molecule has 0 aromatic rings. The Morgan fingerprint density at radius 3 is 2.50 bits per heavy atom.